The number of nitrogens with zero attached hydrogens (tertiary/aromatic N) is 3. The van der Waals surface area contributed by atoms with Crippen LogP contribution in [-0.2, 0) is 23.4 Å². The number of aromatic nitrogens is 2. The number of thioether (sulfide) groups is 1. The van der Waals surface area contributed by atoms with Crippen LogP contribution in [0.4, 0.5) is 14.5 Å². The summed E-state index contributed by atoms with van der Waals surface area (Å²) in [5.74, 6) is 0.456. The summed E-state index contributed by atoms with van der Waals surface area (Å²) in [5.41, 5.74) is 0.0548. The Kier molecular flexibility index (Phi) is 6.79. The molecule has 0 radical (unpaired) electrons. The van der Waals surface area contributed by atoms with Crippen molar-refractivity contribution in [2.75, 3.05) is 11.9 Å². The predicted molar refractivity (Wildman–Crippen MR) is 106 cm³/mol. The largest absolute Gasteiger partial charge is 0.445 e. The Balaban J connectivity index is 1.51. The molecule has 3 aromatic rings. The van der Waals surface area contributed by atoms with Crippen LogP contribution in [0.3, 0.4) is 0 Å². The van der Waals surface area contributed by atoms with Crippen molar-refractivity contribution in [1.82, 2.24) is 9.97 Å². The van der Waals surface area contributed by atoms with Gasteiger partial charge >= 0.3 is 0 Å². The Morgan fingerprint density at radius 2 is 2.11 bits per heavy atom. The lowest BCUT2D eigenvalue weighted by Gasteiger charge is -2.17. The first-order chi connectivity index (χ1) is 13.5. The van der Waals surface area contributed by atoms with Gasteiger partial charge in [0.05, 0.1) is 33.1 Å². The van der Waals surface area contributed by atoms with E-state index in [9.17, 15) is 13.6 Å². The molecule has 5 nitrogen and oxygen atoms in total. The topological polar surface area (TPSA) is 59.2 Å². The van der Waals surface area contributed by atoms with E-state index < -0.39 is 11.6 Å². The number of carbonyl (C=O) groups excluding carboxylic acids is 1. The number of hydrogen-bond acceptors (Lipinski definition) is 6. The van der Waals surface area contributed by atoms with Gasteiger partial charge in [-0.2, -0.15) is 0 Å². The molecule has 9 heteroatoms. The lowest BCUT2D eigenvalue weighted by atomic mass is 10.2. The highest BCUT2D eigenvalue weighted by molar-refractivity contribution is 8.00. The number of hydrogen-bond donors (Lipinski definition) is 0. The van der Waals surface area contributed by atoms with Crippen molar-refractivity contribution < 1.29 is 18.0 Å². The standard InChI is InChI=1S/C19H19F2N3O2S2/c1-3-13-9-22-16(26-13)11-27-19-10-23-17(28-19)6-7-18(25)24(2)15-5-4-12(20)8-14(15)21/h4-5,8-10H,3,6-7,11H2,1-2H3. The molecule has 0 aliphatic rings. The molecule has 0 spiro atoms. The molecule has 0 saturated heterocycles. The Labute approximate surface area is 169 Å². The molecule has 0 unspecified atom stereocenters. The molecule has 1 aromatic carbocycles. The fourth-order valence-electron chi connectivity index (χ4n) is 2.46. The van der Waals surface area contributed by atoms with E-state index in [0.29, 0.717) is 18.1 Å². The van der Waals surface area contributed by atoms with Gasteiger partial charge in [-0.1, -0.05) is 6.92 Å². The van der Waals surface area contributed by atoms with Gasteiger partial charge in [0.2, 0.25) is 11.8 Å². The molecule has 0 N–H and O–H groups in total. The van der Waals surface area contributed by atoms with E-state index in [1.807, 2.05) is 6.92 Å². The number of oxazole rings is 1. The highest BCUT2D eigenvalue weighted by Gasteiger charge is 2.16. The number of benzene rings is 1. The fourth-order valence-corrected chi connectivity index (χ4v) is 4.33. The normalized spacial score (nSPS) is 11.0. The van der Waals surface area contributed by atoms with E-state index in [-0.39, 0.29) is 18.0 Å². The molecule has 2 aromatic heterocycles. The van der Waals surface area contributed by atoms with Crippen LogP contribution in [0.15, 0.2) is 39.2 Å². The van der Waals surface area contributed by atoms with E-state index >= 15 is 0 Å². The van der Waals surface area contributed by atoms with E-state index in [1.165, 1.54) is 29.4 Å². The number of aryl methyl sites for hydroxylation is 2. The minimum absolute atomic E-state index is 0.0548. The first-order valence-electron chi connectivity index (χ1n) is 8.69. The van der Waals surface area contributed by atoms with Gasteiger partial charge in [0.1, 0.15) is 17.4 Å². The predicted octanol–water partition coefficient (Wildman–Crippen LogP) is 4.86. The zero-order valence-electron chi connectivity index (χ0n) is 15.4. The number of amides is 1. The molecular formula is C19H19F2N3O2S2. The second-order valence-electron chi connectivity index (χ2n) is 5.98. The molecule has 1 amide bonds. The van der Waals surface area contributed by atoms with Crippen molar-refractivity contribution >= 4 is 34.7 Å². The summed E-state index contributed by atoms with van der Waals surface area (Å²) in [7, 11) is 1.47. The summed E-state index contributed by atoms with van der Waals surface area (Å²) >= 11 is 3.09. The summed E-state index contributed by atoms with van der Waals surface area (Å²) in [6.45, 7) is 2.01. The van der Waals surface area contributed by atoms with Crippen molar-refractivity contribution in [2.24, 2.45) is 0 Å². The zero-order valence-corrected chi connectivity index (χ0v) is 17.1. The maximum absolute atomic E-state index is 13.8. The first-order valence-corrected chi connectivity index (χ1v) is 10.5. The highest BCUT2D eigenvalue weighted by Crippen LogP contribution is 2.29. The van der Waals surface area contributed by atoms with E-state index in [1.54, 1.807) is 24.2 Å². The first kappa shape index (κ1) is 20.5. The summed E-state index contributed by atoms with van der Waals surface area (Å²) in [6, 6.07) is 3.15. The Morgan fingerprint density at radius 3 is 2.82 bits per heavy atom. The molecule has 148 valence electrons. The van der Waals surface area contributed by atoms with Crippen molar-refractivity contribution in [1.29, 1.82) is 0 Å². The van der Waals surface area contributed by atoms with Gasteiger partial charge in [-0.25, -0.2) is 18.7 Å². The highest BCUT2D eigenvalue weighted by atomic mass is 32.2. The molecule has 0 bridgehead atoms. The molecule has 28 heavy (non-hydrogen) atoms. The summed E-state index contributed by atoms with van der Waals surface area (Å²) in [4.78, 5) is 22.1. The Hall–Kier alpha value is -2.26. The third-order valence-electron chi connectivity index (χ3n) is 4.02. The van der Waals surface area contributed by atoms with Gasteiger partial charge in [-0.3, -0.25) is 4.79 Å². The number of halogens is 2. The van der Waals surface area contributed by atoms with Gasteiger partial charge in [-0.05, 0) is 12.1 Å². The van der Waals surface area contributed by atoms with Crippen molar-refractivity contribution in [3.05, 3.63) is 58.9 Å². The maximum Gasteiger partial charge on any atom is 0.227 e. The minimum atomic E-state index is -0.762. The quantitative estimate of drug-likeness (QED) is 0.484. The lowest BCUT2D eigenvalue weighted by Crippen LogP contribution is -2.27. The van der Waals surface area contributed by atoms with Crippen molar-refractivity contribution in [3.8, 4) is 0 Å². The van der Waals surface area contributed by atoms with Gasteiger partial charge in [-0.15, -0.1) is 23.1 Å². The number of rotatable bonds is 8. The minimum Gasteiger partial charge on any atom is -0.445 e. The van der Waals surface area contributed by atoms with Crippen LogP contribution in [0.5, 0.6) is 0 Å². The third kappa shape index (κ3) is 5.17. The van der Waals surface area contributed by atoms with Crippen LogP contribution >= 0.6 is 23.1 Å². The molecule has 2 heterocycles. The molecule has 0 aliphatic carbocycles. The number of carbonyl (C=O) groups is 1. The molecule has 0 fully saturated rings. The molecule has 0 saturated carbocycles. The molecule has 0 atom stereocenters. The average molecular weight is 424 g/mol. The Morgan fingerprint density at radius 1 is 1.29 bits per heavy atom. The van der Waals surface area contributed by atoms with Crippen LogP contribution in [0, 0.1) is 11.6 Å². The molecule has 0 aliphatic heterocycles. The van der Waals surface area contributed by atoms with Crippen molar-refractivity contribution in [2.45, 2.75) is 36.1 Å². The second-order valence-corrected chi connectivity index (χ2v) is 8.37. The van der Waals surface area contributed by atoms with E-state index in [0.717, 1.165) is 33.5 Å². The van der Waals surface area contributed by atoms with Gasteiger partial charge in [0, 0.05) is 32.4 Å². The van der Waals surface area contributed by atoms with Crippen LogP contribution in [0.25, 0.3) is 0 Å². The van der Waals surface area contributed by atoms with Gasteiger partial charge in [0.15, 0.2) is 0 Å². The van der Waals surface area contributed by atoms with Crippen LogP contribution in [0.1, 0.15) is 30.0 Å². The second kappa shape index (κ2) is 9.29. The SMILES string of the molecule is CCc1cnc(CSc2cnc(CCC(=O)N(C)c3ccc(F)cc3F)s2)o1. The third-order valence-corrected chi connectivity index (χ3v) is 6.25. The number of thiazole rings is 1. The molecule has 3 rings (SSSR count). The lowest BCUT2D eigenvalue weighted by molar-refractivity contribution is -0.118. The average Bonchev–Trinajstić information content (AvgIpc) is 3.33. The maximum atomic E-state index is 13.8. The van der Waals surface area contributed by atoms with Crippen LogP contribution < -0.4 is 4.90 Å². The smallest absolute Gasteiger partial charge is 0.227 e. The summed E-state index contributed by atoms with van der Waals surface area (Å²) in [5, 5.41) is 0.825. The van der Waals surface area contributed by atoms with Crippen LogP contribution in [-0.4, -0.2) is 22.9 Å². The van der Waals surface area contributed by atoms with E-state index in [2.05, 4.69) is 9.97 Å². The van der Waals surface area contributed by atoms with Gasteiger partial charge in [0.25, 0.3) is 0 Å². The fraction of sp³-hybridized carbons (Fsp3) is 0.316. The summed E-state index contributed by atoms with van der Waals surface area (Å²) in [6.07, 6.45) is 4.95. The monoisotopic (exact) mass is 423 g/mol. The molecular weight excluding hydrogens is 404 g/mol. The van der Waals surface area contributed by atoms with Crippen LogP contribution in [0.2, 0.25) is 0 Å². The summed E-state index contributed by atoms with van der Waals surface area (Å²) < 4.78 is 33.4. The zero-order chi connectivity index (χ0) is 20.1. The van der Waals surface area contributed by atoms with Crippen molar-refractivity contribution in [3.63, 3.8) is 0 Å². The Bertz CT molecular complexity index is 958. The van der Waals surface area contributed by atoms with E-state index in [4.69, 9.17) is 4.42 Å². The van der Waals surface area contributed by atoms with Gasteiger partial charge < -0.3 is 9.32 Å². The number of anilines is 1.